The molecule has 0 saturated carbocycles. The van der Waals surface area contributed by atoms with Gasteiger partial charge in [-0.1, -0.05) is 55.4 Å². The molecule has 0 N–H and O–H groups in total. The minimum Gasteiger partial charge on any atom is -0.319 e. The molecule has 28 heavy (non-hydrogen) atoms. The highest BCUT2D eigenvalue weighted by Gasteiger charge is 2.23. The van der Waals surface area contributed by atoms with E-state index in [-0.39, 0.29) is 0 Å². The van der Waals surface area contributed by atoms with Gasteiger partial charge < -0.3 is 4.57 Å². The van der Waals surface area contributed by atoms with E-state index in [9.17, 15) is 8.42 Å². The van der Waals surface area contributed by atoms with Crippen LogP contribution in [0.25, 0.3) is 11.0 Å². The number of fused-ring (bicyclic) bond motifs is 1. The summed E-state index contributed by atoms with van der Waals surface area (Å²) in [5, 5.41) is 0.912. The Hall–Kier alpha value is -1.83. The Morgan fingerprint density at radius 1 is 1.04 bits per heavy atom. The van der Waals surface area contributed by atoms with E-state index in [0.717, 1.165) is 28.5 Å². The monoisotopic (exact) mass is 417 g/mol. The molecule has 0 radical (unpaired) electrons. The second-order valence-electron chi connectivity index (χ2n) is 6.65. The van der Waals surface area contributed by atoms with Gasteiger partial charge in [0, 0.05) is 25.4 Å². The Morgan fingerprint density at radius 2 is 1.71 bits per heavy atom. The van der Waals surface area contributed by atoms with E-state index >= 15 is 0 Å². The number of nitrogens with zero attached hydrogens (tertiary/aromatic N) is 3. The fourth-order valence-corrected chi connectivity index (χ4v) is 5.72. The van der Waals surface area contributed by atoms with Crippen molar-refractivity contribution in [3.05, 3.63) is 53.6 Å². The molecule has 0 fully saturated rings. The summed E-state index contributed by atoms with van der Waals surface area (Å²) >= 11 is 1.68. The van der Waals surface area contributed by atoms with Crippen LogP contribution in [0.5, 0.6) is 0 Å². The van der Waals surface area contributed by atoms with E-state index in [1.165, 1.54) is 15.4 Å². The molecular weight excluding hydrogens is 390 g/mol. The van der Waals surface area contributed by atoms with E-state index in [0.29, 0.717) is 18.0 Å². The fourth-order valence-electron chi connectivity index (χ4n) is 3.21. The summed E-state index contributed by atoms with van der Waals surface area (Å²) in [6.07, 6.45) is 0. The molecule has 150 valence electrons. The molecule has 0 unspecified atom stereocenters. The van der Waals surface area contributed by atoms with Gasteiger partial charge in [0.15, 0.2) is 5.16 Å². The topological polar surface area (TPSA) is 55.2 Å². The molecule has 0 aliphatic rings. The number of sulfonamides is 1. The van der Waals surface area contributed by atoms with E-state index in [2.05, 4.69) is 42.7 Å². The summed E-state index contributed by atoms with van der Waals surface area (Å²) < 4.78 is 29.3. The van der Waals surface area contributed by atoms with Gasteiger partial charge in [0.05, 0.1) is 15.9 Å². The van der Waals surface area contributed by atoms with Crippen LogP contribution in [0, 0.1) is 6.92 Å². The number of aromatic nitrogens is 2. The normalized spacial score (nSPS) is 12.2. The smallest absolute Gasteiger partial charge is 0.243 e. The predicted octanol–water partition coefficient (Wildman–Crippen LogP) is 4.69. The zero-order valence-electron chi connectivity index (χ0n) is 16.8. The van der Waals surface area contributed by atoms with Gasteiger partial charge in [-0.2, -0.15) is 4.31 Å². The SMILES string of the molecule is CCN(CC)S(=O)(=O)c1ccc2c(c1)nc(SCc1ccc(C)cc1)n2CC. The lowest BCUT2D eigenvalue weighted by Crippen LogP contribution is -2.30. The standard InChI is InChI=1S/C21H27N3O2S2/c1-5-23(6-2)28(25,26)18-12-13-20-19(14-18)22-21(24(20)7-3)27-15-17-10-8-16(4)9-11-17/h8-14H,5-7,15H2,1-4H3. The van der Waals surface area contributed by atoms with Gasteiger partial charge in [-0.15, -0.1) is 0 Å². The van der Waals surface area contributed by atoms with Crippen molar-refractivity contribution in [2.45, 2.75) is 50.0 Å². The van der Waals surface area contributed by atoms with Gasteiger partial charge >= 0.3 is 0 Å². The van der Waals surface area contributed by atoms with Crippen LogP contribution in [0.15, 0.2) is 52.5 Å². The van der Waals surface area contributed by atoms with Crippen LogP contribution in [0.1, 0.15) is 31.9 Å². The van der Waals surface area contributed by atoms with Gasteiger partial charge in [-0.3, -0.25) is 0 Å². The lowest BCUT2D eigenvalue weighted by atomic mass is 10.2. The molecule has 0 aliphatic heterocycles. The Bertz CT molecular complexity index is 1050. The predicted molar refractivity (Wildman–Crippen MR) is 116 cm³/mol. The van der Waals surface area contributed by atoms with Crippen LogP contribution in [0.4, 0.5) is 0 Å². The molecule has 3 aromatic rings. The first-order chi connectivity index (χ1) is 13.4. The van der Waals surface area contributed by atoms with Crippen molar-refractivity contribution < 1.29 is 8.42 Å². The molecule has 1 heterocycles. The molecule has 0 atom stereocenters. The Morgan fingerprint density at radius 3 is 2.32 bits per heavy atom. The van der Waals surface area contributed by atoms with Gasteiger partial charge in [-0.25, -0.2) is 13.4 Å². The number of hydrogen-bond acceptors (Lipinski definition) is 4. The molecule has 1 aromatic heterocycles. The Labute approximate surface area is 171 Å². The molecule has 3 rings (SSSR count). The zero-order chi connectivity index (χ0) is 20.3. The third-order valence-corrected chi connectivity index (χ3v) is 7.93. The first-order valence-corrected chi connectivity index (χ1v) is 12.0. The van der Waals surface area contributed by atoms with Crippen LogP contribution < -0.4 is 0 Å². The third kappa shape index (κ3) is 4.11. The van der Waals surface area contributed by atoms with Crippen molar-refractivity contribution in [3.63, 3.8) is 0 Å². The summed E-state index contributed by atoms with van der Waals surface area (Å²) in [6.45, 7) is 9.57. The number of rotatable bonds is 8. The lowest BCUT2D eigenvalue weighted by Gasteiger charge is -2.18. The van der Waals surface area contributed by atoms with Crippen molar-refractivity contribution in [2.24, 2.45) is 0 Å². The summed E-state index contributed by atoms with van der Waals surface area (Å²) in [4.78, 5) is 5.05. The van der Waals surface area contributed by atoms with Gasteiger partial charge in [0.2, 0.25) is 10.0 Å². The maximum atomic E-state index is 12.8. The van der Waals surface area contributed by atoms with Crippen molar-refractivity contribution in [2.75, 3.05) is 13.1 Å². The minimum atomic E-state index is -3.49. The second kappa shape index (κ2) is 8.68. The lowest BCUT2D eigenvalue weighted by molar-refractivity contribution is 0.445. The molecule has 5 nitrogen and oxygen atoms in total. The molecular formula is C21H27N3O2S2. The van der Waals surface area contributed by atoms with Crippen LogP contribution in [-0.2, 0) is 22.3 Å². The summed E-state index contributed by atoms with van der Waals surface area (Å²) in [6, 6.07) is 13.8. The number of imidazole rings is 1. The molecule has 0 aliphatic carbocycles. The highest BCUT2D eigenvalue weighted by Crippen LogP contribution is 2.29. The molecule has 0 saturated heterocycles. The largest absolute Gasteiger partial charge is 0.319 e. The van der Waals surface area contributed by atoms with E-state index in [1.807, 2.05) is 19.9 Å². The van der Waals surface area contributed by atoms with Crippen molar-refractivity contribution in [1.82, 2.24) is 13.9 Å². The number of hydrogen-bond donors (Lipinski definition) is 0. The van der Waals surface area contributed by atoms with E-state index in [4.69, 9.17) is 4.98 Å². The zero-order valence-corrected chi connectivity index (χ0v) is 18.5. The fraction of sp³-hybridized carbons (Fsp3) is 0.381. The first kappa shape index (κ1) is 20.9. The average Bonchev–Trinajstić information content (AvgIpc) is 3.05. The minimum absolute atomic E-state index is 0.305. The molecule has 0 bridgehead atoms. The third-order valence-electron chi connectivity index (χ3n) is 4.83. The number of thioether (sulfide) groups is 1. The van der Waals surface area contributed by atoms with Gasteiger partial charge in [-0.05, 0) is 37.6 Å². The Kier molecular flexibility index (Phi) is 6.47. The quantitative estimate of drug-likeness (QED) is 0.499. The maximum Gasteiger partial charge on any atom is 0.243 e. The van der Waals surface area contributed by atoms with E-state index in [1.54, 1.807) is 23.9 Å². The molecule has 2 aromatic carbocycles. The first-order valence-electron chi connectivity index (χ1n) is 9.59. The summed E-state index contributed by atoms with van der Waals surface area (Å²) in [7, 11) is -3.49. The van der Waals surface area contributed by atoms with Crippen LogP contribution in [-0.4, -0.2) is 35.4 Å². The number of aryl methyl sites for hydroxylation is 2. The van der Waals surface area contributed by atoms with Gasteiger partial charge in [0.1, 0.15) is 0 Å². The summed E-state index contributed by atoms with van der Waals surface area (Å²) in [5.74, 6) is 0.828. The number of benzene rings is 2. The maximum absolute atomic E-state index is 12.8. The van der Waals surface area contributed by atoms with Crippen molar-refractivity contribution in [3.8, 4) is 0 Å². The average molecular weight is 418 g/mol. The van der Waals surface area contributed by atoms with Crippen LogP contribution in [0.3, 0.4) is 0 Å². The van der Waals surface area contributed by atoms with E-state index < -0.39 is 10.0 Å². The van der Waals surface area contributed by atoms with Crippen LogP contribution in [0.2, 0.25) is 0 Å². The highest BCUT2D eigenvalue weighted by molar-refractivity contribution is 7.98. The molecule has 0 amide bonds. The highest BCUT2D eigenvalue weighted by atomic mass is 32.2. The Balaban J connectivity index is 1.93. The van der Waals surface area contributed by atoms with Crippen LogP contribution >= 0.6 is 11.8 Å². The molecule has 7 heteroatoms. The van der Waals surface area contributed by atoms with Crippen molar-refractivity contribution >= 4 is 32.8 Å². The van der Waals surface area contributed by atoms with Gasteiger partial charge in [0.25, 0.3) is 0 Å². The van der Waals surface area contributed by atoms with Crippen molar-refractivity contribution in [1.29, 1.82) is 0 Å². The summed E-state index contributed by atoms with van der Waals surface area (Å²) in [5.41, 5.74) is 4.18. The molecule has 0 spiro atoms. The second-order valence-corrected chi connectivity index (χ2v) is 9.53.